The molecule has 17 heavy (non-hydrogen) atoms. The van der Waals surface area contributed by atoms with Gasteiger partial charge in [0.15, 0.2) is 0 Å². The monoisotopic (exact) mass is 244 g/mol. The number of nitrogens with one attached hydrogen (secondary N) is 1. The van der Waals surface area contributed by atoms with Gasteiger partial charge in [0, 0.05) is 6.04 Å². The standard InChI is InChI=1S/C12H15F3N2/c1-11(2)6-10(11)17-9-4-3-7(5-8(9)16)12(13,14)15/h3-5,10,17H,6,16H2,1-2H3. The molecule has 1 aromatic rings. The average molecular weight is 244 g/mol. The third-order valence-corrected chi connectivity index (χ3v) is 3.22. The van der Waals surface area contributed by atoms with Crippen LogP contribution < -0.4 is 11.1 Å². The third-order valence-electron chi connectivity index (χ3n) is 3.22. The van der Waals surface area contributed by atoms with Crippen LogP contribution in [0.5, 0.6) is 0 Å². The fourth-order valence-corrected chi connectivity index (χ4v) is 1.77. The van der Waals surface area contributed by atoms with E-state index in [1.54, 1.807) is 0 Å². The number of nitrogen functional groups attached to an aromatic ring is 1. The molecule has 1 unspecified atom stereocenters. The van der Waals surface area contributed by atoms with Crippen molar-refractivity contribution >= 4 is 11.4 Å². The van der Waals surface area contributed by atoms with E-state index in [0.29, 0.717) is 11.7 Å². The molecule has 1 aromatic carbocycles. The molecule has 2 nitrogen and oxygen atoms in total. The summed E-state index contributed by atoms with van der Waals surface area (Å²) in [7, 11) is 0. The maximum atomic E-state index is 12.4. The van der Waals surface area contributed by atoms with Crippen LogP contribution in [0.1, 0.15) is 25.8 Å². The summed E-state index contributed by atoms with van der Waals surface area (Å²) in [5.41, 5.74) is 5.83. The third kappa shape index (κ3) is 2.48. The molecule has 0 bridgehead atoms. The van der Waals surface area contributed by atoms with Crippen molar-refractivity contribution in [3.63, 3.8) is 0 Å². The SMILES string of the molecule is CC1(C)CC1Nc1ccc(C(F)(F)F)cc1N. The van der Waals surface area contributed by atoms with E-state index in [1.165, 1.54) is 6.07 Å². The summed E-state index contributed by atoms with van der Waals surface area (Å²) in [5, 5.41) is 3.16. The molecule has 1 saturated carbocycles. The van der Waals surface area contributed by atoms with Crippen molar-refractivity contribution in [2.45, 2.75) is 32.5 Å². The molecule has 1 fully saturated rings. The summed E-state index contributed by atoms with van der Waals surface area (Å²) in [5.74, 6) is 0. The van der Waals surface area contributed by atoms with E-state index in [2.05, 4.69) is 19.2 Å². The largest absolute Gasteiger partial charge is 0.416 e. The molecule has 0 spiro atoms. The van der Waals surface area contributed by atoms with E-state index in [-0.39, 0.29) is 11.1 Å². The van der Waals surface area contributed by atoms with Crippen LogP contribution in [-0.4, -0.2) is 6.04 Å². The molecule has 2 rings (SSSR count). The quantitative estimate of drug-likeness (QED) is 0.781. The van der Waals surface area contributed by atoms with Gasteiger partial charge in [-0.3, -0.25) is 0 Å². The van der Waals surface area contributed by atoms with Crippen LogP contribution in [0.15, 0.2) is 18.2 Å². The van der Waals surface area contributed by atoms with E-state index in [1.807, 2.05) is 0 Å². The smallest absolute Gasteiger partial charge is 0.397 e. The lowest BCUT2D eigenvalue weighted by molar-refractivity contribution is -0.137. The van der Waals surface area contributed by atoms with E-state index in [0.717, 1.165) is 18.6 Å². The average Bonchev–Trinajstić information content (AvgIpc) is 2.75. The molecular weight excluding hydrogens is 229 g/mol. The number of hydrogen-bond donors (Lipinski definition) is 2. The van der Waals surface area contributed by atoms with Gasteiger partial charge in [-0.1, -0.05) is 13.8 Å². The highest BCUT2D eigenvalue weighted by Gasteiger charge is 2.45. The topological polar surface area (TPSA) is 38.0 Å². The van der Waals surface area contributed by atoms with Crippen LogP contribution in [0.2, 0.25) is 0 Å². The fourth-order valence-electron chi connectivity index (χ4n) is 1.77. The molecule has 1 aliphatic carbocycles. The number of hydrogen-bond acceptors (Lipinski definition) is 2. The molecule has 0 radical (unpaired) electrons. The summed E-state index contributed by atoms with van der Waals surface area (Å²) in [6.45, 7) is 4.20. The lowest BCUT2D eigenvalue weighted by Gasteiger charge is -2.13. The molecule has 1 aliphatic rings. The van der Waals surface area contributed by atoms with Crippen molar-refractivity contribution in [2.24, 2.45) is 5.41 Å². The van der Waals surface area contributed by atoms with Gasteiger partial charge in [0.2, 0.25) is 0 Å². The Morgan fingerprint density at radius 2 is 1.94 bits per heavy atom. The second-order valence-corrected chi connectivity index (χ2v) is 5.19. The Kier molecular flexibility index (Phi) is 2.52. The van der Waals surface area contributed by atoms with Gasteiger partial charge >= 0.3 is 6.18 Å². The van der Waals surface area contributed by atoms with E-state index >= 15 is 0 Å². The highest BCUT2D eigenvalue weighted by Crippen LogP contribution is 2.47. The predicted octanol–water partition coefficient (Wildman–Crippen LogP) is 3.50. The van der Waals surface area contributed by atoms with Gasteiger partial charge in [0.25, 0.3) is 0 Å². The first-order chi connectivity index (χ1) is 7.70. The van der Waals surface area contributed by atoms with Gasteiger partial charge in [-0.05, 0) is 30.0 Å². The fraction of sp³-hybridized carbons (Fsp3) is 0.500. The van der Waals surface area contributed by atoms with Gasteiger partial charge in [0.1, 0.15) is 0 Å². The van der Waals surface area contributed by atoms with Crippen LogP contribution in [0.4, 0.5) is 24.5 Å². The molecule has 1 atom stereocenters. The van der Waals surface area contributed by atoms with Gasteiger partial charge in [-0.2, -0.15) is 13.2 Å². The highest BCUT2D eigenvalue weighted by molar-refractivity contribution is 5.68. The maximum Gasteiger partial charge on any atom is 0.416 e. The first-order valence-corrected chi connectivity index (χ1v) is 5.43. The number of nitrogens with two attached hydrogens (primary N) is 1. The van der Waals surface area contributed by atoms with Gasteiger partial charge < -0.3 is 11.1 Å². The minimum absolute atomic E-state index is 0.141. The second kappa shape index (κ2) is 3.55. The van der Waals surface area contributed by atoms with Gasteiger partial charge in [-0.15, -0.1) is 0 Å². The number of anilines is 2. The number of alkyl halides is 3. The number of halogens is 3. The van der Waals surface area contributed by atoms with Crippen molar-refractivity contribution in [1.82, 2.24) is 0 Å². The van der Waals surface area contributed by atoms with E-state index < -0.39 is 11.7 Å². The van der Waals surface area contributed by atoms with E-state index in [9.17, 15) is 13.2 Å². The first kappa shape index (κ1) is 12.1. The lowest BCUT2D eigenvalue weighted by Crippen LogP contribution is -2.11. The van der Waals surface area contributed by atoms with Gasteiger partial charge in [-0.25, -0.2) is 0 Å². The summed E-state index contributed by atoms with van der Waals surface area (Å²) < 4.78 is 37.3. The van der Waals surface area contributed by atoms with Crippen molar-refractivity contribution < 1.29 is 13.2 Å². The van der Waals surface area contributed by atoms with E-state index in [4.69, 9.17) is 5.73 Å². The molecule has 94 valence electrons. The second-order valence-electron chi connectivity index (χ2n) is 5.19. The van der Waals surface area contributed by atoms with Crippen molar-refractivity contribution in [3.05, 3.63) is 23.8 Å². The summed E-state index contributed by atoms with van der Waals surface area (Å²) in [4.78, 5) is 0. The molecule has 3 N–H and O–H groups in total. The maximum absolute atomic E-state index is 12.4. The zero-order chi connectivity index (χ0) is 12.8. The summed E-state index contributed by atoms with van der Waals surface area (Å²) in [6.07, 6.45) is -3.33. The first-order valence-electron chi connectivity index (χ1n) is 5.43. The normalized spacial score (nSPS) is 22.3. The summed E-state index contributed by atoms with van der Waals surface area (Å²) >= 11 is 0. The molecular formula is C12H15F3N2. The predicted molar refractivity (Wildman–Crippen MR) is 61.7 cm³/mol. The zero-order valence-electron chi connectivity index (χ0n) is 9.73. The molecule has 0 aliphatic heterocycles. The zero-order valence-corrected chi connectivity index (χ0v) is 9.73. The Morgan fingerprint density at radius 1 is 1.35 bits per heavy atom. The van der Waals surface area contributed by atoms with Crippen LogP contribution in [0, 0.1) is 5.41 Å². The van der Waals surface area contributed by atoms with Crippen molar-refractivity contribution in [2.75, 3.05) is 11.1 Å². The molecule has 0 heterocycles. The minimum atomic E-state index is -4.34. The minimum Gasteiger partial charge on any atom is -0.397 e. The molecule has 0 amide bonds. The van der Waals surface area contributed by atoms with Crippen LogP contribution in [0.3, 0.4) is 0 Å². The highest BCUT2D eigenvalue weighted by atomic mass is 19.4. The Hall–Kier alpha value is -1.39. The van der Waals surface area contributed by atoms with Crippen molar-refractivity contribution in [1.29, 1.82) is 0 Å². The molecule has 5 heteroatoms. The Bertz CT molecular complexity index is 438. The number of benzene rings is 1. The lowest BCUT2D eigenvalue weighted by atomic mass is 10.1. The molecule has 0 saturated heterocycles. The van der Waals surface area contributed by atoms with Crippen molar-refractivity contribution in [3.8, 4) is 0 Å². The Balaban J connectivity index is 2.16. The molecule has 0 aromatic heterocycles. The van der Waals surface area contributed by atoms with Crippen LogP contribution >= 0.6 is 0 Å². The Labute approximate surface area is 98.0 Å². The van der Waals surface area contributed by atoms with Crippen LogP contribution in [0.25, 0.3) is 0 Å². The van der Waals surface area contributed by atoms with Crippen LogP contribution in [-0.2, 0) is 6.18 Å². The Morgan fingerprint density at radius 3 is 2.35 bits per heavy atom. The van der Waals surface area contributed by atoms with Gasteiger partial charge in [0.05, 0.1) is 16.9 Å². The summed E-state index contributed by atoms with van der Waals surface area (Å²) in [6, 6.07) is 3.71. The number of rotatable bonds is 2.